The van der Waals surface area contributed by atoms with Gasteiger partial charge < -0.3 is 16.0 Å². The van der Waals surface area contributed by atoms with Crippen LogP contribution in [0.15, 0.2) is 18.2 Å². The fourth-order valence-electron chi connectivity index (χ4n) is 1.45. The number of nitrogens with zero attached hydrogens (tertiary/aromatic N) is 1. The third-order valence-electron chi connectivity index (χ3n) is 2.67. The molecule has 0 spiro atoms. The number of nitrogens with one attached hydrogen (secondary N) is 2. The molecule has 1 atom stereocenters. The Morgan fingerprint density at radius 1 is 1.53 bits per heavy atom. The number of amides is 2. The number of carbonyl (C=O) groups is 1. The summed E-state index contributed by atoms with van der Waals surface area (Å²) in [5.74, 6) is -1.60. The molecule has 19 heavy (non-hydrogen) atoms. The lowest BCUT2D eigenvalue weighted by Crippen LogP contribution is -2.40. The topological polar surface area (TPSA) is 82.2 Å². The highest BCUT2D eigenvalue weighted by molar-refractivity contribution is 5.90. The summed E-state index contributed by atoms with van der Waals surface area (Å²) < 4.78 is 26.1. The molecule has 1 rings (SSSR count). The minimum absolute atomic E-state index is 0.0416. The molecule has 0 aromatic heterocycles. The zero-order chi connectivity index (χ0) is 14.6. The highest BCUT2D eigenvalue weighted by atomic mass is 19.1. The van der Waals surface area contributed by atoms with Gasteiger partial charge in [0, 0.05) is 25.6 Å². The molecule has 0 aliphatic heterocycles. The van der Waals surface area contributed by atoms with Crippen LogP contribution < -0.4 is 11.1 Å². The summed E-state index contributed by atoms with van der Waals surface area (Å²) in [5, 5.41) is 9.48. The zero-order valence-electron chi connectivity index (χ0n) is 10.7. The van der Waals surface area contributed by atoms with Crippen LogP contribution in [-0.4, -0.2) is 29.9 Å². The first-order chi connectivity index (χ1) is 8.81. The van der Waals surface area contributed by atoms with Crippen molar-refractivity contribution in [2.45, 2.75) is 19.4 Å². The van der Waals surface area contributed by atoms with E-state index in [9.17, 15) is 13.6 Å². The van der Waals surface area contributed by atoms with E-state index in [0.29, 0.717) is 6.07 Å². The average molecular weight is 270 g/mol. The lowest BCUT2D eigenvalue weighted by atomic mass is 10.2. The van der Waals surface area contributed by atoms with E-state index in [1.807, 2.05) is 0 Å². The third kappa shape index (κ3) is 4.20. The number of hydrogen-bond acceptors (Lipinski definition) is 2. The number of anilines is 1. The summed E-state index contributed by atoms with van der Waals surface area (Å²) in [6.45, 7) is 1.71. The Labute approximate surface area is 109 Å². The molecule has 1 aromatic carbocycles. The Kier molecular flexibility index (Phi) is 4.80. The maximum atomic E-state index is 13.4. The Hall–Kier alpha value is -2.18. The van der Waals surface area contributed by atoms with Gasteiger partial charge in [0.25, 0.3) is 0 Å². The number of nitrogens with two attached hydrogens (primary N) is 1. The number of amidine groups is 1. The monoisotopic (exact) mass is 270 g/mol. The van der Waals surface area contributed by atoms with Crippen LogP contribution in [0, 0.1) is 17.0 Å². The largest absolute Gasteiger partial charge is 0.388 e. The third-order valence-corrected chi connectivity index (χ3v) is 2.67. The van der Waals surface area contributed by atoms with Crippen molar-refractivity contribution in [3.8, 4) is 0 Å². The Balaban J connectivity index is 2.71. The molecule has 104 valence electrons. The van der Waals surface area contributed by atoms with Gasteiger partial charge in [-0.2, -0.15) is 0 Å². The van der Waals surface area contributed by atoms with Crippen LogP contribution in [0.4, 0.5) is 19.3 Å². The van der Waals surface area contributed by atoms with E-state index in [-0.39, 0.29) is 24.0 Å². The molecule has 1 aromatic rings. The van der Waals surface area contributed by atoms with Crippen LogP contribution in [0.2, 0.25) is 0 Å². The van der Waals surface area contributed by atoms with Crippen molar-refractivity contribution >= 4 is 17.6 Å². The minimum Gasteiger partial charge on any atom is -0.388 e. The highest BCUT2D eigenvalue weighted by Gasteiger charge is 2.17. The van der Waals surface area contributed by atoms with Crippen molar-refractivity contribution in [2.75, 3.05) is 12.4 Å². The minimum atomic E-state index is -0.846. The second-order valence-corrected chi connectivity index (χ2v) is 4.24. The summed E-state index contributed by atoms with van der Waals surface area (Å²) in [6.07, 6.45) is 0.218. The number of benzene rings is 1. The van der Waals surface area contributed by atoms with E-state index in [1.165, 1.54) is 11.9 Å². The SMILES string of the molecule is CC(CC(=N)N)N(C)C(=O)Nc1ccc(F)cc1F. The molecule has 1 unspecified atom stereocenters. The lowest BCUT2D eigenvalue weighted by molar-refractivity contribution is 0.209. The summed E-state index contributed by atoms with van der Waals surface area (Å²) >= 11 is 0. The van der Waals surface area contributed by atoms with Crippen molar-refractivity contribution in [3.05, 3.63) is 29.8 Å². The van der Waals surface area contributed by atoms with E-state index in [2.05, 4.69) is 5.32 Å². The molecule has 0 radical (unpaired) electrons. The number of hydrogen-bond donors (Lipinski definition) is 3. The Bertz CT molecular complexity index is 493. The molecule has 4 N–H and O–H groups in total. The van der Waals surface area contributed by atoms with E-state index >= 15 is 0 Å². The molecule has 0 saturated carbocycles. The standard InChI is InChI=1S/C12H16F2N4O/c1-7(5-11(15)16)18(2)12(19)17-10-4-3-8(13)6-9(10)14/h3-4,6-7H,5H2,1-2H3,(H3,15,16)(H,17,19). The molecule has 0 aliphatic carbocycles. The highest BCUT2D eigenvalue weighted by Crippen LogP contribution is 2.16. The smallest absolute Gasteiger partial charge is 0.321 e. The van der Waals surface area contributed by atoms with E-state index < -0.39 is 17.7 Å². The summed E-state index contributed by atoms with van der Waals surface area (Å²) in [4.78, 5) is 13.1. The first-order valence-electron chi connectivity index (χ1n) is 5.63. The molecule has 7 heteroatoms. The molecule has 0 aliphatic rings. The van der Waals surface area contributed by atoms with Crippen molar-refractivity contribution in [1.29, 1.82) is 5.41 Å². The van der Waals surface area contributed by atoms with Crippen LogP contribution in [0.5, 0.6) is 0 Å². The van der Waals surface area contributed by atoms with Gasteiger partial charge in [0.2, 0.25) is 0 Å². The molecule has 2 amide bonds. The molecular weight excluding hydrogens is 254 g/mol. The molecule has 0 bridgehead atoms. The van der Waals surface area contributed by atoms with Gasteiger partial charge in [0.1, 0.15) is 11.6 Å². The average Bonchev–Trinajstić information content (AvgIpc) is 2.30. The van der Waals surface area contributed by atoms with Gasteiger partial charge in [0.05, 0.1) is 11.5 Å². The van der Waals surface area contributed by atoms with Gasteiger partial charge in [-0.1, -0.05) is 0 Å². The van der Waals surface area contributed by atoms with Crippen molar-refractivity contribution in [3.63, 3.8) is 0 Å². The quantitative estimate of drug-likeness (QED) is 0.578. The van der Waals surface area contributed by atoms with Crippen molar-refractivity contribution in [2.24, 2.45) is 5.73 Å². The molecule has 0 saturated heterocycles. The predicted octanol–water partition coefficient (Wildman–Crippen LogP) is 2.14. The van der Waals surface area contributed by atoms with Crippen LogP contribution in [-0.2, 0) is 0 Å². The Morgan fingerprint density at radius 3 is 2.68 bits per heavy atom. The fraction of sp³-hybridized carbons (Fsp3) is 0.333. The van der Waals surface area contributed by atoms with E-state index in [0.717, 1.165) is 12.1 Å². The number of urea groups is 1. The van der Waals surface area contributed by atoms with E-state index in [4.69, 9.17) is 11.1 Å². The van der Waals surface area contributed by atoms with Gasteiger partial charge in [0.15, 0.2) is 0 Å². The van der Waals surface area contributed by atoms with E-state index in [1.54, 1.807) is 6.92 Å². The number of rotatable bonds is 4. The first-order valence-corrected chi connectivity index (χ1v) is 5.63. The fourth-order valence-corrected chi connectivity index (χ4v) is 1.45. The maximum Gasteiger partial charge on any atom is 0.321 e. The van der Waals surface area contributed by atoms with Gasteiger partial charge in [-0.05, 0) is 19.1 Å². The summed E-state index contributed by atoms with van der Waals surface area (Å²) in [6, 6.07) is 2.03. The summed E-state index contributed by atoms with van der Waals surface area (Å²) in [7, 11) is 1.50. The normalized spacial score (nSPS) is 11.8. The predicted molar refractivity (Wildman–Crippen MR) is 69.1 cm³/mol. The van der Waals surface area contributed by atoms with Crippen LogP contribution in [0.1, 0.15) is 13.3 Å². The first kappa shape index (κ1) is 14.9. The van der Waals surface area contributed by atoms with Gasteiger partial charge >= 0.3 is 6.03 Å². The summed E-state index contributed by atoms with van der Waals surface area (Å²) in [5.41, 5.74) is 5.14. The van der Waals surface area contributed by atoms with Crippen molar-refractivity contribution in [1.82, 2.24) is 4.90 Å². The second-order valence-electron chi connectivity index (χ2n) is 4.24. The van der Waals surface area contributed by atoms with Crippen LogP contribution >= 0.6 is 0 Å². The van der Waals surface area contributed by atoms with Gasteiger partial charge in [-0.3, -0.25) is 5.41 Å². The molecular formula is C12H16F2N4O. The van der Waals surface area contributed by atoms with Crippen molar-refractivity contribution < 1.29 is 13.6 Å². The molecule has 0 heterocycles. The van der Waals surface area contributed by atoms with Gasteiger partial charge in [-0.25, -0.2) is 13.6 Å². The lowest BCUT2D eigenvalue weighted by Gasteiger charge is -2.24. The number of halogens is 2. The van der Waals surface area contributed by atoms with Crippen LogP contribution in [0.25, 0.3) is 0 Å². The van der Waals surface area contributed by atoms with Gasteiger partial charge in [-0.15, -0.1) is 0 Å². The maximum absolute atomic E-state index is 13.4. The molecule has 5 nitrogen and oxygen atoms in total. The molecule has 0 fully saturated rings. The second kappa shape index (κ2) is 6.12. The van der Waals surface area contributed by atoms with Crippen LogP contribution in [0.3, 0.4) is 0 Å². The Morgan fingerprint density at radius 2 is 2.16 bits per heavy atom. The number of carbonyl (C=O) groups excluding carboxylic acids is 1. The zero-order valence-corrected chi connectivity index (χ0v) is 10.7.